The molecule has 0 bridgehead atoms. The molecule has 0 aliphatic heterocycles. The van der Waals surface area contributed by atoms with Crippen LogP contribution in [-0.4, -0.2) is 55.6 Å². The Kier molecular flexibility index (Phi) is 7.33. The molecule has 0 saturated heterocycles. The maximum atomic E-state index is 6.36. The second-order valence-corrected chi connectivity index (χ2v) is 6.71. The highest BCUT2D eigenvalue weighted by Crippen LogP contribution is 2.31. The first-order chi connectivity index (χ1) is 8.97. The average molecular weight is 269 g/mol. The van der Waals surface area contributed by atoms with Crippen LogP contribution in [0.15, 0.2) is 0 Å². The smallest absolute Gasteiger partial charge is 0.0194 e. The normalized spacial score (nSPS) is 30.0. The Hall–Kier alpha value is -0.120. The molecule has 4 unspecified atom stereocenters. The molecule has 2 N–H and O–H groups in total. The molecule has 114 valence electrons. The van der Waals surface area contributed by atoms with Crippen molar-refractivity contribution in [2.45, 2.75) is 58.5 Å². The van der Waals surface area contributed by atoms with Gasteiger partial charge in [0.05, 0.1) is 0 Å². The van der Waals surface area contributed by atoms with Gasteiger partial charge in [-0.3, -0.25) is 4.90 Å². The molecule has 1 aliphatic rings. The number of rotatable bonds is 7. The van der Waals surface area contributed by atoms with Crippen LogP contribution in [0.5, 0.6) is 0 Å². The van der Waals surface area contributed by atoms with Gasteiger partial charge in [-0.2, -0.15) is 0 Å². The lowest BCUT2D eigenvalue weighted by Crippen LogP contribution is -2.47. The van der Waals surface area contributed by atoms with Crippen molar-refractivity contribution in [3.8, 4) is 0 Å². The van der Waals surface area contributed by atoms with Crippen LogP contribution >= 0.6 is 0 Å². The molecule has 4 atom stereocenters. The summed E-state index contributed by atoms with van der Waals surface area (Å²) in [6, 6.07) is 1.04. The molecule has 3 nitrogen and oxygen atoms in total. The van der Waals surface area contributed by atoms with Gasteiger partial charge in [0.25, 0.3) is 0 Å². The fourth-order valence-electron chi connectivity index (χ4n) is 3.53. The lowest BCUT2D eigenvalue weighted by molar-refractivity contribution is 0.117. The fraction of sp³-hybridized carbons (Fsp3) is 1.00. The van der Waals surface area contributed by atoms with Crippen molar-refractivity contribution in [1.82, 2.24) is 9.80 Å². The summed E-state index contributed by atoms with van der Waals surface area (Å²) in [5, 5.41) is 0. The average Bonchev–Trinajstić information content (AvgIpc) is 2.36. The topological polar surface area (TPSA) is 32.5 Å². The lowest BCUT2D eigenvalue weighted by atomic mass is 9.77. The molecule has 1 saturated carbocycles. The van der Waals surface area contributed by atoms with Crippen molar-refractivity contribution < 1.29 is 0 Å². The van der Waals surface area contributed by atoms with E-state index in [9.17, 15) is 0 Å². The third-order valence-corrected chi connectivity index (χ3v) is 4.86. The molecule has 0 aromatic rings. The molecule has 3 heteroatoms. The van der Waals surface area contributed by atoms with Crippen LogP contribution in [0, 0.1) is 11.8 Å². The highest BCUT2D eigenvalue weighted by atomic mass is 15.2. The van der Waals surface area contributed by atoms with Gasteiger partial charge in [-0.05, 0) is 58.7 Å². The first-order valence-corrected chi connectivity index (χ1v) is 8.12. The Morgan fingerprint density at radius 2 is 1.89 bits per heavy atom. The molecule has 0 aromatic carbocycles. The zero-order chi connectivity index (χ0) is 14.4. The molecule has 0 heterocycles. The molecule has 1 aliphatic carbocycles. The van der Waals surface area contributed by atoms with E-state index < -0.39 is 0 Å². The third-order valence-electron chi connectivity index (χ3n) is 4.86. The fourth-order valence-corrected chi connectivity index (χ4v) is 3.53. The zero-order valence-electron chi connectivity index (χ0n) is 13.7. The summed E-state index contributed by atoms with van der Waals surface area (Å²) in [4.78, 5) is 4.89. The maximum Gasteiger partial charge on any atom is 0.0194 e. The van der Waals surface area contributed by atoms with Crippen molar-refractivity contribution >= 4 is 0 Å². The maximum absolute atomic E-state index is 6.36. The highest BCUT2D eigenvalue weighted by molar-refractivity contribution is 4.85. The summed E-state index contributed by atoms with van der Waals surface area (Å²) < 4.78 is 0. The molecule has 0 aromatic heterocycles. The molecular weight excluding hydrogens is 234 g/mol. The largest absolute Gasteiger partial charge is 0.327 e. The minimum Gasteiger partial charge on any atom is -0.327 e. The van der Waals surface area contributed by atoms with Crippen molar-refractivity contribution in [2.24, 2.45) is 17.6 Å². The molecule has 0 spiro atoms. The lowest BCUT2D eigenvalue weighted by Gasteiger charge is -2.39. The van der Waals surface area contributed by atoms with Crippen molar-refractivity contribution in [3.63, 3.8) is 0 Å². The minimum absolute atomic E-state index is 0.420. The van der Waals surface area contributed by atoms with Crippen molar-refractivity contribution in [1.29, 1.82) is 0 Å². The molecule has 0 radical (unpaired) electrons. The number of likely N-dealkylation sites (N-methyl/N-ethyl adjacent to an activating group) is 2. The van der Waals surface area contributed by atoms with Gasteiger partial charge >= 0.3 is 0 Å². The summed E-state index contributed by atoms with van der Waals surface area (Å²) in [7, 11) is 4.31. The second-order valence-electron chi connectivity index (χ2n) is 6.71. The highest BCUT2D eigenvalue weighted by Gasteiger charge is 2.29. The Morgan fingerprint density at radius 1 is 1.21 bits per heavy atom. The van der Waals surface area contributed by atoms with E-state index in [0.29, 0.717) is 18.0 Å². The van der Waals surface area contributed by atoms with Gasteiger partial charge in [0.15, 0.2) is 0 Å². The Balaban J connectivity index is 2.53. The van der Waals surface area contributed by atoms with Crippen LogP contribution in [0.1, 0.15) is 46.5 Å². The van der Waals surface area contributed by atoms with Crippen LogP contribution in [0.25, 0.3) is 0 Å². The number of hydrogen-bond acceptors (Lipinski definition) is 3. The van der Waals surface area contributed by atoms with Crippen LogP contribution in [0.3, 0.4) is 0 Å². The molecular formula is C16H35N3. The predicted octanol–water partition coefficient (Wildman–Crippen LogP) is 2.41. The Labute approximate surface area is 120 Å². The van der Waals surface area contributed by atoms with Gasteiger partial charge in [0.2, 0.25) is 0 Å². The van der Waals surface area contributed by atoms with E-state index in [4.69, 9.17) is 5.73 Å². The van der Waals surface area contributed by atoms with Gasteiger partial charge < -0.3 is 10.6 Å². The quantitative estimate of drug-likeness (QED) is 0.770. The van der Waals surface area contributed by atoms with E-state index in [1.807, 2.05) is 0 Å². The zero-order valence-corrected chi connectivity index (χ0v) is 13.7. The van der Waals surface area contributed by atoms with Gasteiger partial charge in [0.1, 0.15) is 0 Å². The summed E-state index contributed by atoms with van der Waals surface area (Å²) in [5.41, 5.74) is 6.36. The van der Waals surface area contributed by atoms with Crippen molar-refractivity contribution in [3.05, 3.63) is 0 Å². The van der Waals surface area contributed by atoms with Gasteiger partial charge in [-0.1, -0.05) is 20.3 Å². The van der Waals surface area contributed by atoms with Gasteiger partial charge in [-0.25, -0.2) is 0 Å². The minimum atomic E-state index is 0.420. The number of nitrogens with zero attached hydrogens (tertiary/aromatic N) is 2. The third kappa shape index (κ3) is 5.41. The van der Waals surface area contributed by atoms with E-state index in [1.54, 1.807) is 0 Å². The van der Waals surface area contributed by atoms with E-state index >= 15 is 0 Å². The standard InChI is InChI=1S/C16H35N3/c1-6-14-8-9-16(17)15(10-14)12-19(7-2)13(3)11-18(4)5/h13-16H,6-12,17H2,1-5H3. The van der Waals surface area contributed by atoms with E-state index in [0.717, 1.165) is 19.0 Å². The summed E-state index contributed by atoms with van der Waals surface area (Å²) in [6.07, 6.45) is 5.22. The molecule has 1 rings (SSSR count). The summed E-state index contributed by atoms with van der Waals surface area (Å²) in [5.74, 6) is 1.61. The summed E-state index contributed by atoms with van der Waals surface area (Å²) in [6.45, 7) is 10.4. The van der Waals surface area contributed by atoms with Gasteiger partial charge in [0, 0.05) is 25.2 Å². The Bertz CT molecular complexity index is 242. The number of nitrogens with two attached hydrogens (primary N) is 1. The Morgan fingerprint density at radius 3 is 2.42 bits per heavy atom. The molecule has 19 heavy (non-hydrogen) atoms. The van der Waals surface area contributed by atoms with Crippen LogP contribution in [0.4, 0.5) is 0 Å². The van der Waals surface area contributed by atoms with E-state index in [1.165, 1.54) is 32.2 Å². The molecule has 0 amide bonds. The van der Waals surface area contributed by atoms with E-state index in [-0.39, 0.29) is 0 Å². The van der Waals surface area contributed by atoms with E-state index in [2.05, 4.69) is 44.7 Å². The van der Waals surface area contributed by atoms with Crippen LogP contribution in [-0.2, 0) is 0 Å². The van der Waals surface area contributed by atoms with Crippen LogP contribution in [0.2, 0.25) is 0 Å². The first-order valence-electron chi connectivity index (χ1n) is 8.12. The SMILES string of the molecule is CCC1CCC(N)C(CN(CC)C(C)CN(C)C)C1. The predicted molar refractivity (Wildman–Crippen MR) is 84.4 cm³/mol. The summed E-state index contributed by atoms with van der Waals surface area (Å²) >= 11 is 0. The van der Waals surface area contributed by atoms with Crippen LogP contribution < -0.4 is 5.73 Å². The number of hydrogen-bond donors (Lipinski definition) is 1. The van der Waals surface area contributed by atoms with Gasteiger partial charge in [-0.15, -0.1) is 0 Å². The second kappa shape index (κ2) is 8.23. The molecule has 1 fully saturated rings. The van der Waals surface area contributed by atoms with Crippen molar-refractivity contribution in [2.75, 3.05) is 33.7 Å². The first kappa shape index (κ1) is 16.9. The monoisotopic (exact) mass is 269 g/mol.